The summed E-state index contributed by atoms with van der Waals surface area (Å²) in [7, 11) is 0. The Morgan fingerprint density at radius 1 is 1.62 bits per heavy atom. The zero-order chi connectivity index (χ0) is 9.68. The monoisotopic (exact) mass is 201 g/mol. The van der Waals surface area contributed by atoms with Crippen molar-refractivity contribution < 1.29 is 4.79 Å². The van der Waals surface area contributed by atoms with Crippen LogP contribution in [0.4, 0.5) is 0 Å². The minimum Gasteiger partial charge on any atom is -0.342 e. The molecule has 0 spiro atoms. The van der Waals surface area contributed by atoms with Gasteiger partial charge in [0.05, 0.1) is 0 Å². The van der Waals surface area contributed by atoms with E-state index < -0.39 is 0 Å². The summed E-state index contributed by atoms with van der Waals surface area (Å²) >= 11 is 4.49. The summed E-state index contributed by atoms with van der Waals surface area (Å²) in [6.07, 6.45) is 5.34. The van der Waals surface area contributed by atoms with Gasteiger partial charge < -0.3 is 4.90 Å². The fourth-order valence-corrected chi connectivity index (χ4v) is 2.06. The lowest BCUT2D eigenvalue weighted by Crippen LogP contribution is -2.31. The number of unbranched alkanes of at least 4 members (excludes halogenated alkanes) is 1. The normalized spacial score (nSPS) is 19.5. The molecule has 1 atom stereocenters. The predicted octanol–water partition coefficient (Wildman–Crippen LogP) is 2.10. The number of hydrogen-bond donors (Lipinski definition) is 1. The van der Waals surface area contributed by atoms with Crippen molar-refractivity contribution in [2.24, 2.45) is 0 Å². The van der Waals surface area contributed by atoms with Gasteiger partial charge in [0.1, 0.15) is 0 Å². The van der Waals surface area contributed by atoms with Gasteiger partial charge in [0.15, 0.2) is 0 Å². The maximum Gasteiger partial charge on any atom is 0.222 e. The number of thiol groups is 1. The Hall–Kier alpha value is -0.180. The highest BCUT2D eigenvalue weighted by Crippen LogP contribution is 2.14. The van der Waals surface area contributed by atoms with Gasteiger partial charge in [0.25, 0.3) is 0 Å². The molecule has 1 rings (SSSR count). The lowest BCUT2D eigenvalue weighted by Gasteiger charge is -2.19. The molecule has 13 heavy (non-hydrogen) atoms. The van der Waals surface area contributed by atoms with Crippen LogP contribution in [-0.2, 0) is 4.79 Å². The second kappa shape index (κ2) is 5.53. The number of rotatable bonds is 5. The van der Waals surface area contributed by atoms with Crippen molar-refractivity contribution in [3.63, 3.8) is 0 Å². The van der Waals surface area contributed by atoms with Crippen LogP contribution in [0.2, 0.25) is 0 Å². The summed E-state index contributed by atoms with van der Waals surface area (Å²) in [6, 6.07) is 0. The van der Waals surface area contributed by atoms with Crippen molar-refractivity contribution >= 4 is 18.5 Å². The molecule has 0 radical (unpaired) electrons. The molecular formula is C10H19NOS. The summed E-state index contributed by atoms with van der Waals surface area (Å²) in [5, 5.41) is 0.377. The zero-order valence-corrected chi connectivity index (χ0v) is 9.22. The second-order valence-corrected chi connectivity index (χ2v) is 4.47. The number of carbonyl (C=O) groups is 1. The van der Waals surface area contributed by atoms with Crippen LogP contribution in [0.5, 0.6) is 0 Å². The summed E-state index contributed by atoms with van der Waals surface area (Å²) in [5.41, 5.74) is 0. The van der Waals surface area contributed by atoms with Gasteiger partial charge in [0, 0.05) is 24.8 Å². The smallest absolute Gasteiger partial charge is 0.222 e. The Morgan fingerprint density at radius 3 is 2.92 bits per heavy atom. The van der Waals surface area contributed by atoms with Gasteiger partial charge in [-0.15, -0.1) is 0 Å². The van der Waals surface area contributed by atoms with Crippen molar-refractivity contribution in [1.29, 1.82) is 0 Å². The Kier molecular flexibility index (Phi) is 4.64. The third-order valence-electron chi connectivity index (χ3n) is 2.49. The highest BCUT2D eigenvalue weighted by atomic mass is 32.1. The van der Waals surface area contributed by atoms with E-state index in [4.69, 9.17) is 0 Å². The van der Waals surface area contributed by atoms with E-state index in [9.17, 15) is 4.79 Å². The van der Waals surface area contributed by atoms with Crippen molar-refractivity contribution in [3.8, 4) is 0 Å². The first-order valence-electron chi connectivity index (χ1n) is 5.20. The number of hydrogen-bond acceptors (Lipinski definition) is 2. The number of carbonyl (C=O) groups excluding carboxylic acids is 1. The molecule has 2 nitrogen and oxygen atoms in total. The third kappa shape index (κ3) is 3.59. The Morgan fingerprint density at radius 2 is 2.38 bits per heavy atom. The van der Waals surface area contributed by atoms with Crippen molar-refractivity contribution in [3.05, 3.63) is 0 Å². The van der Waals surface area contributed by atoms with Crippen molar-refractivity contribution in [1.82, 2.24) is 4.90 Å². The van der Waals surface area contributed by atoms with E-state index in [2.05, 4.69) is 19.6 Å². The number of likely N-dealkylation sites (tertiary alicyclic amines) is 1. The lowest BCUT2D eigenvalue weighted by atomic mass is 10.2. The fourth-order valence-electron chi connectivity index (χ4n) is 1.68. The summed E-state index contributed by atoms with van der Waals surface area (Å²) in [6.45, 7) is 3.98. The van der Waals surface area contributed by atoms with E-state index in [0.717, 1.165) is 32.4 Å². The van der Waals surface area contributed by atoms with Gasteiger partial charge in [0.2, 0.25) is 5.91 Å². The van der Waals surface area contributed by atoms with Crippen LogP contribution < -0.4 is 0 Å². The van der Waals surface area contributed by atoms with Gasteiger partial charge in [-0.25, -0.2) is 0 Å². The highest BCUT2D eigenvalue weighted by Gasteiger charge is 2.21. The first-order valence-corrected chi connectivity index (χ1v) is 5.71. The number of nitrogens with zero attached hydrogens (tertiary/aromatic N) is 1. The molecule has 0 N–H and O–H groups in total. The molecule has 3 heteroatoms. The van der Waals surface area contributed by atoms with E-state index in [-0.39, 0.29) is 0 Å². The van der Waals surface area contributed by atoms with Crippen LogP contribution >= 0.6 is 12.6 Å². The van der Waals surface area contributed by atoms with Crippen LogP contribution in [0.1, 0.15) is 39.0 Å². The third-order valence-corrected chi connectivity index (χ3v) is 2.91. The molecule has 1 aliphatic heterocycles. The predicted molar refractivity (Wildman–Crippen MR) is 58.1 cm³/mol. The molecule has 0 aromatic heterocycles. The van der Waals surface area contributed by atoms with Crippen molar-refractivity contribution in [2.45, 2.75) is 44.3 Å². The van der Waals surface area contributed by atoms with Crippen LogP contribution in [0.15, 0.2) is 0 Å². The van der Waals surface area contributed by atoms with Crippen molar-refractivity contribution in [2.75, 3.05) is 13.1 Å². The second-order valence-electron chi connectivity index (χ2n) is 3.74. The highest BCUT2D eigenvalue weighted by molar-refractivity contribution is 7.81. The minimum absolute atomic E-state index is 0.315. The van der Waals surface area contributed by atoms with Gasteiger partial charge in [-0.1, -0.05) is 19.8 Å². The largest absolute Gasteiger partial charge is 0.342 e. The van der Waals surface area contributed by atoms with E-state index in [1.165, 1.54) is 12.8 Å². The molecular weight excluding hydrogens is 182 g/mol. The molecule has 1 saturated heterocycles. The van der Waals surface area contributed by atoms with Crippen LogP contribution in [0.25, 0.3) is 0 Å². The summed E-state index contributed by atoms with van der Waals surface area (Å²) < 4.78 is 0. The summed E-state index contributed by atoms with van der Waals surface area (Å²) in [5.74, 6) is 0.315. The average molecular weight is 201 g/mol. The Balaban J connectivity index is 2.19. The molecule has 1 aliphatic rings. The lowest BCUT2D eigenvalue weighted by molar-refractivity contribution is -0.127. The standard InChI is InChI=1S/C10H19NOS/c1-2-3-5-9(13)8-11-7-4-6-10(11)12/h9,13H,2-8H2,1H3. The first kappa shape index (κ1) is 10.9. The van der Waals surface area contributed by atoms with E-state index in [0.29, 0.717) is 11.2 Å². The van der Waals surface area contributed by atoms with Gasteiger partial charge in [-0.3, -0.25) is 4.79 Å². The molecule has 76 valence electrons. The van der Waals surface area contributed by atoms with E-state index in [1.807, 2.05) is 4.90 Å². The molecule has 0 aromatic rings. The number of amides is 1. The zero-order valence-electron chi connectivity index (χ0n) is 8.33. The summed E-state index contributed by atoms with van der Waals surface area (Å²) in [4.78, 5) is 13.2. The van der Waals surface area contributed by atoms with E-state index in [1.54, 1.807) is 0 Å². The maximum atomic E-state index is 11.3. The molecule has 0 saturated carbocycles. The minimum atomic E-state index is 0.315. The first-order chi connectivity index (χ1) is 6.24. The van der Waals surface area contributed by atoms with Gasteiger partial charge in [-0.05, 0) is 12.8 Å². The van der Waals surface area contributed by atoms with E-state index >= 15 is 0 Å². The molecule has 0 aromatic carbocycles. The van der Waals surface area contributed by atoms with Crippen LogP contribution in [0, 0.1) is 0 Å². The van der Waals surface area contributed by atoms with Crippen LogP contribution in [0.3, 0.4) is 0 Å². The molecule has 1 unspecified atom stereocenters. The van der Waals surface area contributed by atoms with Crippen LogP contribution in [-0.4, -0.2) is 29.1 Å². The molecule has 0 bridgehead atoms. The molecule has 1 amide bonds. The quantitative estimate of drug-likeness (QED) is 0.675. The van der Waals surface area contributed by atoms with Gasteiger partial charge in [-0.2, -0.15) is 12.6 Å². The molecule has 1 fully saturated rings. The molecule has 0 aliphatic carbocycles. The molecule has 1 heterocycles. The maximum absolute atomic E-state index is 11.3. The Labute approximate surface area is 86.1 Å². The topological polar surface area (TPSA) is 20.3 Å². The van der Waals surface area contributed by atoms with Gasteiger partial charge >= 0.3 is 0 Å². The fraction of sp³-hybridized carbons (Fsp3) is 0.900. The SMILES string of the molecule is CCCCC(S)CN1CCCC1=O. The Bertz CT molecular complexity index is 172. The average Bonchev–Trinajstić information content (AvgIpc) is 2.48.